The molecule has 1 aromatic rings. The first-order chi connectivity index (χ1) is 6.60. The molecule has 0 radical (unpaired) electrons. The third kappa shape index (κ3) is 2.16. The quantitative estimate of drug-likeness (QED) is 0.671. The molecule has 0 aliphatic carbocycles. The summed E-state index contributed by atoms with van der Waals surface area (Å²) < 4.78 is 25.4. The number of nitriles is 1. The Kier molecular flexibility index (Phi) is 3.71. The van der Waals surface area contributed by atoms with Crippen molar-refractivity contribution in [3.05, 3.63) is 26.6 Å². The summed E-state index contributed by atoms with van der Waals surface area (Å²) >= 11 is 1.81. The first kappa shape index (κ1) is 11.3. The average molecular weight is 309 g/mol. The van der Waals surface area contributed by atoms with E-state index in [0.717, 1.165) is 0 Å². The van der Waals surface area contributed by atoms with Gasteiger partial charge in [-0.25, -0.2) is 13.8 Å². The Balaban J connectivity index is 3.41. The van der Waals surface area contributed by atoms with Crippen LogP contribution in [0.15, 0.2) is 6.07 Å². The molecule has 0 unspecified atom stereocenters. The molecule has 0 saturated heterocycles. The molecule has 0 atom stereocenters. The number of halogens is 3. The van der Waals surface area contributed by atoms with Crippen LogP contribution in [0.3, 0.4) is 0 Å². The van der Waals surface area contributed by atoms with Crippen LogP contribution >= 0.6 is 22.6 Å². The molecule has 0 amide bonds. The van der Waals surface area contributed by atoms with E-state index in [9.17, 15) is 8.78 Å². The van der Waals surface area contributed by atoms with Crippen molar-refractivity contribution in [2.75, 3.05) is 0 Å². The maximum atomic E-state index is 12.5. The fourth-order valence-electron chi connectivity index (χ4n) is 1.03. The van der Waals surface area contributed by atoms with Gasteiger partial charge < -0.3 is 5.73 Å². The van der Waals surface area contributed by atoms with Crippen LogP contribution in [0.1, 0.15) is 23.2 Å². The SMILES string of the molecule is N#Cc1c(C(F)F)cc(I)nc1CN. The number of aromatic nitrogens is 1. The van der Waals surface area contributed by atoms with E-state index in [-0.39, 0.29) is 23.4 Å². The lowest BCUT2D eigenvalue weighted by Gasteiger charge is -2.07. The Morgan fingerprint density at radius 2 is 2.29 bits per heavy atom. The number of hydrogen-bond donors (Lipinski definition) is 1. The highest BCUT2D eigenvalue weighted by Gasteiger charge is 2.17. The molecule has 3 nitrogen and oxygen atoms in total. The van der Waals surface area contributed by atoms with Crippen LogP contribution in [0.25, 0.3) is 0 Å². The first-order valence-corrected chi connectivity index (χ1v) is 4.75. The summed E-state index contributed by atoms with van der Waals surface area (Å²) in [6, 6.07) is 2.90. The van der Waals surface area contributed by atoms with Crippen LogP contribution in [0, 0.1) is 15.0 Å². The van der Waals surface area contributed by atoms with Gasteiger partial charge >= 0.3 is 0 Å². The van der Waals surface area contributed by atoms with Crippen molar-refractivity contribution < 1.29 is 8.78 Å². The summed E-state index contributed by atoms with van der Waals surface area (Å²) in [5, 5.41) is 8.69. The van der Waals surface area contributed by atoms with Gasteiger partial charge in [0.15, 0.2) is 0 Å². The van der Waals surface area contributed by atoms with E-state index in [0.29, 0.717) is 3.70 Å². The van der Waals surface area contributed by atoms with Crippen molar-refractivity contribution in [2.24, 2.45) is 5.73 Å². The van der Waals surface area contributed by atoms with Gasteiger partial charge in [-0.05, 0) is 28.7 Å². The lowest BCUT2D eigenvalue weighted by atomic mass is 10.1. The lowest BCUT2D eigenvalue weighted by Crippen LogP contribution is -2.07. The second-order valence-electron chi connectivity index (χ2n) is 2.47. The summed E-state index contributed by atoms with van der Waals surface area (Å²) in [6.07, 6.45) is -2.67. The van der Waals surface area contributed by atoms with Crippen LogP contribution in [0.4, 0.5) is 8.78 Å². The summed E-state index contributed by atoms with van der Waals surface area (Å²) in [5.74, 6) is 0. The van der Waals surface area contributed by atoms with Crippen molar-refractivity contribution in [2.45, 2.75) is 13.0 Å². The first-order valence-electron chi connectivity index (χ1n) is 3.67. The minimum Gasteiger partial charge on any atom is -0.325 e. The zero-order valence-corrected chi connectivity index (χ0v) is 9.12. The number of pyridine rings is 1. The monoisotopic (exact) mass is 309 g/mol. The van der Waals surface area contributed by atoms with Gasteiger partial charge in [0.2, 0.25) is 0 Å². The highest BCUT2D eigenvalue weighted by molar-refractivity contribution is 14.1. The molecule has 0 aliphatic rings. The highest BCUT2D eigenvalue weighted by atomic mass is 127. The van der Waals surface area contributed by atoms with E-state index >= 15 is 0 Å². The van der Waals surface area contributed by atoms with Gasteiger partial charge in [-0.15, -0.1) is 0 Å². The van der Waals surface area contributed by atoms with Gasteiger partial charge in [-0.2, -0.15) is 5.26 Å². The molecule has 1 rings (SSSR count). The summed E-state index contributed by atoms with van der Waals surface area (Å²) in [4.78, 5) is 3.91. The third-order valence-corrected chi connectivity index (χ3v) is 2.19. The number of nitrogens with zero attached hydrogens (tertiary/aromatic N) is 2. The maximum absolute atomic E-state index is 12.5. The fraction of sp³-hybridized carbons (Fsp3) is 0.250. The number of alkyl halides is 2. The van der Waals surface area contributed by atoms with Gasteiger partial charge in [0.1, 0.15) is 9.77 Å². The summed E-state index contributed by atoms with van der Waals surface area (Å²) in [7, 11) is 0. The molecule has 0 spiro atoms. The van der Waals surface area contributed by atoms with Crippen LogP contribution < -0.4 is 5.73 Å². The van der Waals surface area contributed by atoms with Gasteiger partial charge in [-0.3, -0.25) is 0 Å². The average Bonchev–Trinajstić information content (AvgIpc) is 2.16. The Labute approximate surface area is 93.1 Å². The van der Waals surface area contributed by atoms with Crippen molar-refractivity contribution in [3.63, 3.8) is 0 Å². The van der Waals surface area contributed by atoms with Crippen LogP contribution in [0.2, 0.25) is 0 Å². The lowest BCUT2D eigenvalue weighted by molar-refractivity contribution is 0.150. The molecule has 0 fully saturated rings. The molecule has 1 heterocycles. The third-order valence-electron chi connectivity index (χ3n) is 1.63. The molecule has 74 valence electrons. The van der Waals surface area contributed by atoms with E-state index < -0.39 is 6.43 Å². The van der Waals surface area contributed by atoms with Gasteiger partial charge in [0, 0.05) is 12.1 Å². The van der Waals surface area contributed by atoms with E-state index in [1.807, 2.05) is 22.6 Å². The van der Waals surface area contributed by atoms with E-state index in [1.165, 1.54) is 6.07 Å². The molecular formula is C8H6F2IN3. The van der Waals surface area contributed by atoms with E-state index in [4.69, 9.17) is 11.0 Å². The van der Waals surface area contributed by atoms with Gasteiger partial charge in [-0.1, -0.05) is 0 Å². The number of rotatable bonds is 2. The predicted octanol–water partition coefficient (Wildman–Crippen LogP) is 1.95. The minimum atomic E-state index is -2.67. The second kappa shape index (κ2) is 4.61. The van der Waals surface area contributed by atoms with Crippen molar-refractivity contribution >= 4 is 22.6 Å². The smallest absolute Gasteiger partial charge is 0.265 e. The highest BCUT2D eigenvalue weighted by Crippen LogP contribution is 2.25. The molecule has 0 aromatic carbocycles. The van der Waals surface area contributed by atoms with Crippen LogP contribution in [-0.4, -0.2) is 4.98 Å². The molecule has 14 heavy (non-hydrogen) atoms. The Bertz CT molecular complexity index is 387. The number of hydrogen-bond acceptors (Lipinski definition) is 3. The van der Waals surface area contributed by atoms with Gasteiger partial charge in [0.25, 0.3) is 6.43 Å². The Morgan fingerprint density at radius 1 is 1.64 bits per heavy atom. The zero-order chi connectivity index (χ0) is 10.7. The van der Waals surface area contributed by atoms with Crippen molar-refractivity contribution in [1.82, 2.24) is 4.98 Å². The van der Waals surface area contributed by atoms with Crippen molar-refractivity contribution in [1.29, 1.82) is 5.26 Å². The standard InChI is InChI=1S/C8H6F2IN3/c9-8(10)4-1-7(11)14-6(3-13)5(4)2-12/h1,8H,3,13H2. The molecule has 0 saturated carbocycles. The fourth-order valence-corrected chi connectivity index (χ4v) is 1.66. The van der Waals surface area contributed by atoms with Crippen LogP contribution in [-0.2, 0) is 6.54 Å². The van der Waals surface area contributed by atoms with Gasteiger partial charge in [0.05, 0.1) is 11.3 Å². The molecular weight excluding hydrogens is 303 g/mol. The summed E-state index contributed by atoms with van der Waals surface area (Å²) in [5.41, 5.74) is 5.11. The van der Waals surface area contributed by atoms with Crippen LogP contribution in [0.5, 0.6) is 0 Å². The Morgan fingerprint density at radius 3 is 2.71 bits per heavy atom. The largest absolute Gasteiger partial charge is 0.325 e. The maximum Gasteiger partial charge on any atom is 0.265 e. The van der Waals surface area contributed by atoms with Crippen molar-refractivity contribution in [3.8, 4) is 6.07 Å². The number of nitrogens with two attached hydrogens (primary N) is 1. The minimum absolute atomic E-state index is 0.0144. The predicted molar refractivity (Wildman–Crippen MR) is 54.5 cm³/mol. The van der Waals surface area contributed by atoms with E-state index in [2.05, 4.69) is 4.98 Å². The molecule has 0 aliphatic heterocycles. The topological polar surface area (TPSA) is 62.7 Å². The zero-order valence-electron chi connectivity index (χ0n) is 6.97. The molecule has 6 heteroatoms. The molecule has 2 N–H and O–H groups in total. The molecule has 1 aromatic heterocycles. The summed E-state index contributed by atoms with van der Waals surface area (Å²) in [6.45, 7) is -0.0144. The normalized spacial score (nSPS) is 10.3. The second-order valence-corrected chi connectivity index (χ2v) is 3.58. The Hall–Kier alpha value is -0.810. The van der Waals surface area contributed by atoms with E-state index in [1.54, 1.807) is 6.07 Å². The molecule has 0 bridgehead atoms.